The highest BCUT2D eigenvalue weighted by atomic mass is 32.1. The summed E-state index contributed by atoms with van der Waals surface area (Å²) in [6.07, 6.45) is 7.64. The summed E-state index contributed by atoms with van der Waals surface area (Å²) in [7, 11) is 0. The minimum atomic E-state index is -0.651. The van der Waals surface area contributed by atoms with E-state index in [-0.39, 0.29) is 78.8 Å². The van der Waals surface area contributed by atoms with E-state index in [0.29, 0.717) is 110 Å². The molecule has 0 aliphatic carbocycles. The van der Waals surface area contributed by atoms with Crippen LogP contribution in [0.15, 0.2) is 197 Å². The molecule has 0 N–H and O–H groups in total. The Bertz CT molecular complexity index is 5170. The second kappa shape index (κ2) is 40.5. The molecule has 0 fully saturated rings. The molecular weight excluding hydrogens is 1580 g/mol. The van der Waals surface area contributed by atoms with Gasteiger partial charge in [-0.05, 0) is 111 Å². The lowest BCUT2D eigenvalue weighted by molar-refractivity contribution is -0.149. The second-order valence-electron chi connectivity index (χ2n) is 27.9. The monoisotopic (exact) mass is 1670 g/mol. The van der Waals surface area contributed by atoms with E-state index in [0.717, 1.165) is 66.2 Å². The number of carbonyl (C=O) groups excluding carboxylic acids is 10. The van der Waals surface area contributed by atoms with Crippen molar-refractivity contribution in [1.82, 2.24) is 49.4 Å². The first-order valence-electron chi connectivity index (χ1n) is 39.0. The van der Waals surface area contributed by atoms with Gasteiger partial charge in [0.2, 0.25) is 11.5 Å². The lowest BCUT2D eigenvalue weighted by atomic mass is 9.93. The molecule has 5 unspecified atom stereocenters. The summed E-state index contributed by atoms with van der Waals surface area (Å²) in [6.45, 7) is 17.5. The van der Waals surface area contributed by atoms with E-state index in [1.54, 1.807) is 74.2 Å². The number of oxazole rings is 2. The summed E-state index contributed by atoms with van der Waals surface area (Å²) < 4.78 is 36.1. The third kappa shape index (κ3) is 20.3. The molecule has 27 nitrogen and oxygen atoms in total. The van der Waals surface area contributed by atoms with Gasteiger partial charge in [0.25, 0.3) is 29.5 Å². The van der Waals surface area contributed by atoms with Crippen LogP contribution in [0, 0.1) is 20.8 Å². The number of thiazole rings is 3. The number of hydrogen-bond acceptors (Lipinski definition) is 25. The zero-order valence-electron chi connectivity index (χ0n) is 67.0. The molecule has 5 aromatic heterocycles. The first-order chi connectivity index (χ1) is 57.7. The van der Waals surface area contributed by atoms with Gasteiger partial charge in [-0.25, -0.2) is 43.9 Å². The number of aromatic nitrogens is 5. The van der Waals surface area contributed by atoms with Crippen LogP contribution >= 0.6 is 34.0 Å². The van der Waals surface area contributed by atoms with E-state index in [2.05, 4.69) is 24.9 Å². The van der Waals surface area contributed by atoms with E-state index in [4.69, 9.17) is 32.5 Å². The van der Waals surface area contributed by atoms with E-state index in [9.17, 15) is 47.9 Å². The number of rotatable bonds is 16. The van der Waals surface area contributed by atoms with Crippen molar-refractivity contribution in [1.29, 1.82) is 0 Å². The molecule has 11 aromatic rings. The minimum absolute atomic E-state index is 0.119. The highest BCUT2D eigenvalue weighted by Crippen LogP contribution is 2.35. The molecule has 0 saturated heterocycles. The van der Waals surface area contributed by atoms with Gasteiger partial charge in [0, 0.05) is 70.4 Å². The maximum absolute atomic E-state index is 13.5. The SMILES string of the molecule is CCOC(=O)C1Cc2ccccc2CN1C(=O)c1cnco1.CCOC(=O)C1Cc2ccccc2CN1C(=O)c1cncs1.CCOC(=O)C1Cc2ccccc2CN1C(=O)c1ocnc1C.CCOC(=O)C1Cc2ccccc2CN1C(=O)c1sc(-c2ccccc2)nc1C.CCOC(=O)C1Cc2ccccc2CN1C(=O)c1scnc1C. The lowest BCUT2D eigenvalue weighted by Crippen LogP contribution is -2.49. The number of amides is 5. The molecule has 5 amide bonds. The average Bonchev–Trinajstić information content (AvgIpc) is 1.76. The van der Waals surface area contributed by atoms with Crippen molar-refractivity contribution >= 4 is 93.4 Å². The number of nitrogens with zero attached hydrogens (tertiary/aromatic N) is 10. The fourth-order valence-electron chi connectivity index (χ4n) is 14.6. The molecule has 616 valence electrons. The summed E-state index contributed by atoms with van der Waals surface area (Å²) in [5, 5.41) is 0.802. The number of ether oxygens (including phenoxy) is 5. The molecule has 10 heterocycles. The number of esters is 5. The first kappa shape index (κ1) is 85.7. The summed E-state index contributed by atoms with van der Waals surface area (Å²) in [6, 6.07) is 46.0. The normalized spacial score (nSPS) is 16.6. The molecule has 0 radical (unpaired) electrons. The third-order valence-electron chi connectivity index (χ3n) is 20.5. The number of aryl methyl sites for hydroxylation is 3. The van der Waals surface area contributed by atoms with Gasteiger partial charge in [0.1, 0.15) is 49.8 Å². The van der Waals surface area contributed by atoms with Gasteiger partial charge in [-0.1, -0.05) is 152 Å². The lowest BCUT2D eigenvalue weighted by Gasteiger charge is -2.35. The van der Waals surface area contributed by atoms with Gasteiger partial charge in [-0.15, -0.1) is 34.0 Å². The van der Waals surface area contributed by atoms with Crippen LogP contribution in [0.1, 0.15) is 157 Å². The van der Waals surface area contributed by atoms with Crippen molar-refractivity contribution < 1.29 is 80.5 Å². The van der Waals surface area contributed by atoms with Crippen molar-refractivity contribution in [3.05, 3.63) is 287 Å². The Hall–Kier alpha value is -12.7. The Labute approximate surface area is 699 Å². The maximum atomic E-state index is 13.5. The van der Waals surface area contributed by atoms with Crippen LogP contribution in [0.2, 0.25) is 0 Å². The largest absolute Gasteiger partial charge is 0.464 e. The van der Waals surface area contributed by atoms with Crippen LogP contribution in [0.4, 0.5) is 0 Å². The van der Waals surface area contributed by atoms with Crippen molar-refractivity contribution in [2.45, 2.75) is 150 Å². The summed E-state index contributed by atoms with van der Waals surface area (Å²) >= 11 is 3.95. The Kier molecular flexibility index (Phi) is 29.1. The molecule has 119 heavy (non-hydrogen) atoms. The second-order valence-corrected chi connectivity index (χ2v) is 30.7. The van der Waals surface area contributed by atoms with Crippen molar-refractivity contribution in [2.24, 2.45) is 0 Å². The zero-order valence-corrected chi connectivity index (χ0v) is 69.5. The smallest absolute Gasteiger partial charge is 0.329 e. The number of carbonyl (C=O) groups is 10. The quantitative estimate of drug-likeness (QED) is 0.0640. The van der Waals surface area contributed by atoms with E-state index in [1.807, 2.05) is 159 Å². The van der Waals surface area contributed by atoms with Gasteiger partial charge in [0.15, 0.2) is 12.8 Å². The van der Waals surface area contributed by atoms with Crippen molar-refractivity contribution in [3.8, 4) is 10.6 Å². The molecule has 0 saturated carbocycles. The summed E-state index contributed by atoms with van der Waals surface area (Å²) in [5.41, 5.74) is 16.8. The maximum Gasteiger partial charge on any atom is 0.329 e. The predicted octanol–water partition coefficient (Wildman–Crippen LogP) is 13.0. The Morgan fingerprint density at radius 2 is 0.723 bits per heavy atom. The Morgan fingerprint density at radius 1 is 0.361 bits per heavy atom. The highest BCUT2D eigenvalue weighted by molar-refractivity contribution is 7.17. The Morgan fingerprint density at radius 3 is 1.06 bits per heavy atom. The molecule has 0 spiro atoms. The van der Waals surface area contributed by atoms with Crippen LogP contribution in [0.25, 0.3) is 10.6 Å². The molecular formula is C89H90N10O17S3. The van der Waals surface area contributed by atoms with Crippen LogP contribution in [0.5, 0.6) is 0 Å². The van der Waals surface area contributed by atoms with Crippen LogP contribution in [-0.4, -0.2) is 172 Å². The van der Waals surface area contributed by atoms with E-state index >= 15 is 0 Å². The molecule has 0 bridgehead atoms. The van der Waals surface area contributed by atoms with Crippen LogP contribution in [-0.2, 0) is 112 Å². The fraction of sp³-hybridized carbons (Fsp3) is 0.315. The van der Waals surface area contributed by atoms with Gasteiger partial charge >= 0.3 is 29.8 Å². The van der Waals surface area contributed by atoms with E-state index in [1.165, 1.54) is 69.0 Å². The van der Waals surface area contributed by atoms with Gasteiger partial charge in [-0.3, -0.25) is 29.0 Å². The third-order valence-corrected chi connectivity index (χ3v) is 23.4. The van der Waals surface area contributed by atoms with Gasteiger partial charge < -0.3 is 57.0 Å². The first-order valence-corrected chi connectivity index (χ1v) is 41.6. The van der Waals surface area contributed by atoms with Crippen LogP contribution in [0.3, 0.4) is 0 Å². The summed E-state index contributed by atoms with van der Waals surface area (Å²) in [4.78, 5) is 156. The standard InChI is InChI=1S/C23H22N2O3S.C17H18N2O4.C17H18N2O3S.C16H16N2O4.C16H16N2O3S/c1-3-28-23(27)19-13-17-11-7-8-12-18(17)14-25(19)22(26)20-15(2)24-21(29-20)16-9-5-4-6-10-16;2*1-3-22-17(21)14-8-12-6-4-5-7-13(12)9-19(14)16(20)15-11(2)18-10-23-15;2*1-2-21-16(20)13-7-11-5-3-4-6-12(11)9-18(13)15(19)14-8-17-10-22-14/h4-12,19H,3,13-14H2,1-2H3;2*4-7,10,14H,3,8-9H2,1-2H3;2*3-6,8,10,13H,2,7,9H2,1H3. The predicted molar refractivity (Wildman–Crippen MR) is 441 cm³/mol. The molecule has 5 aliphatic rings. The van der Waals surface area contributed by atoms with Gasteiger partial charge in [0.05, 0.1) is 73.5 Å². The molecule has 6 aromatic carbocycles. The molecule has 30 heteroatoms. The zero-order chi connectivity index (χ0) is 84.2. The number of benzene rings is 6. The molecule has 5 aliphatic heterocycles. The molecule has 5 atom stereocenters. The van der Waals surface area contributed by atoms with Gasteiger partial charge in [-0.2, -0.15) is 0 Å². The molecule has 16 rings (SSSR count). The number of fused-ring (bicyclic) bond motifs is 5. The number of hydrogen-bond donors (Lipinski definition) is 0. The summed E-state index contributed by atoms with van der Waals surface area (Å²) in [5.74, 6) is -2.77. The van der Waals surface area contributed by atoms with Crippen LogP contribution < -0.4 is 0 Å². The van der Waals surface area contributed by atoms with Crippen molar-refractivity contribution in [3.63, 3.8) is 0 Å². The minimum Gasteiger partial charge on any atom is -0.464 e. The Balaban J connectivity index is 0.000000137. The van der Waals surface area contributed by atoms with Crippen molar-refractivity contribution in [2.75, 3.05) is 33.0 Å². The average molecular weight is 1670 g/mol. The fourth-order valence-corrected chi connectivity index (χ4v) is 16.9. The highest BCUT2D eigenvalue weighted by Gasteiger charge is 2.43. The van der Waals surface area contributed by atoms with E-state index < -0.39 is 42.1 Å². The topological polar surface area (TPSA) is 324 Å².